The number of allylic oxidation sites excluding steroid dienone is 1. The van der Waals surface area contributed by atoms with Crippen LogP contribution in [0, 0.1) is 4.77 Å². The third-order valence-electron chi connectivity index (χ3n) is 2.89. The van der Waals surface area contributed by atoms with Gasteiger partial charge in [-0.15, -0.1) is 6.58 Å². The largest absolute Gasteiger partial charge is 0.352 e. The van der Waals surface area contributed by atoms with E-state index in [1.807, 2.05) is 6.92 Å². The number of carbonyl (C=O) groups is 1. The molecular formula is C14H15N3O2S. The third-order valence-corrected chi connectivity index (χ3v) is 3.22. The number of benzene rings is 1. The summed E-state index contributed by atoms with van der Waals surface area (Å²) in [6, 6.07) is 4.90. The number of H-pyrrole nitrogens is 1. The molecule has 0 fully saturated rings. The van der Waals surface area contributed by atoms with Crippen molar-refractivity contribution in [1.82, 2.24) is 14.9 Å². The van der Waals surface area contributed by atoms with Crippen LogP contribution in [0.4, 0.5) is 0 Å². The van der Waals surface area contributed by atoms with Crippen LogP contribution in [-0.4, -0.2) is 22.0 Å². The molecule has 1 heterocycles. The molecule has 0 aliphatic carbocycles. The quantitative estimate of drug-likeness (QED) is 0.668. The van der Waals surface area contributed by atoms with Crippen molar-refractivity contribution in [2.75, 3.05) is 6.54 Å². The zero-order chi connectivity index (χ0) is 14.7. The minimum absolute atomic E-state index is 0.177. The fraction of sp³-hybridized carbons (Fsp3) is 0.214. The molecule has 0 saturated carbocycles. The minimum Gasteiger partial charge on any atom is -0.352 e. The van der Waals surface area contributed by atoms with Crippen molar-refractivity contribution in [3.8, 4) is 0 Å². The Balaban J connectivity index is 2.64. The molecule has 2 aromatic rings. The van der Waals surface area contributed by atoms with Crippen LogP contribution in [-0.2, 0) is 6.54 Å². The van der Waals surface area contributed by atoms with E-state index in [2.05, 4.69) is 16.9 Å². The van der Waals surface area contributed by atoms with Gasteiger partial charge in [0.25, 0.3) is 11.5 Å². The molecule has 1 aromatic carbocycles. The molecule has 0 unspecified atom stereocenters. The van der Waals surface area contributed by atoms with Crippen molar-refractivity contribution < 1.29 is 4.79 Å². The van der Waals surface area contributed by atoms with E-state index in [0.29, 0.717) is 34.3 Å². The molecule has 5 nitrogen and oxygen atoms in total. The summed E-state index contributed by atoms with van der Waals surface area (Å²) in [7, 11) is 0. The van der Waals surface area contributed by atoms with Gasteiger partial charge in [0, 0.05) is 18.7 Å². The standard InChI is InChI=1S/C14H15N3O2S/c1-3-7-17-13(19)10-6-5-9(12(18)15-4-2)8-11(10)16-14(17)20/h3,5-6,8H,1,4,7H2,2H3,(H,15,18)(H,16,20). The average molecular weight is 289 g/mol. The maximum atomic E-state index is 12.3. The lowest BCUT2D eigenvalue weighted by atomic mass is 10.1. The molecule has 0 bridgehead atoms. The normalized spacial score (nSPS) is 10.4. The van der Waals surface area contributed by atoms with Crippen LogP contribution >= 0.6 is 12.2 Å². The third kappa shape index (κ3) is 2.55. The summed E-state index contributed by atoms with van der Waals surface area (Å²) in [6.07, 6.45) is 1.61. The number of carbonyl (C=O) groups excluding carboxylic acids is 1. The summed E-state index contributed by atoms with van der Waals surface area (Å²) in [5.74, 6) is -0.177. The van der Waals surface area contributed by atoms with E-state index in [1.165, 1.54) is 4.57 Å². The van der Waals surface area contributed by atoms with Crippen LogP contribution in [0.1, 0.15) is 17.3 Å². The lowest BCUT2D eigenvalue weighted by Gasteiger charge is -2.07. The van der Waals surface area contributed by atoms with Gasteiger partial charge in [0.15, 0.2) is 4.77 Å². The van der Waals surface area contributed by atoms with E-state index >= 15 is 0 Å². The van der Waals surface area contributed by atoms with Gasteiger partial charge in [0.2, 0.25) is 0 Å². The lowest BCUT2D eigenvalue weighted by molar-refractivity contribution is 0.0956. The summed E-state index contributed by atoms with van der Waals surface area (Å²) in [5, 5.41) is 3.21. The monoisotopic (exact) mass is 289 g/mol. The maximum absolute atomic E-state index is 12.3. The molecule has 6 heteroatoms. The highest BCUT2D eigenvalue weighted by molar-refractivity contribution is 7.71. The van der Waals surface area contributed by atoms with E-state index < -0.39 is 0 Å². The highest BCUT2D eigenvalue weighted by Gasteiger charge is 2.09. The van der Waals surface area contributed by atoms with Crippen molar-refractivity contribution >= 4 is 29.0 Å². The number of rotatable bonds is 4. The number of hydrogen-bond donors (Lipinski definition) is 2. The molecule has 2 N–H and O–H groups in total. The number of hydrogen-bond acceptors (Lipinski definition) is 3. The summed E-state index contributed by atoms with van der Waals surface area (Å²) in [4.78, 5) is 27.0. The van der Waals surface area contributed by atoms with Crippen molar-refractivity contribution in [2.45, 2.75) is 13.5 Å². The first-order chi connectivity index (χ1) is 9.58. The second-order valence-corrected chi connectivity index (χ2v) is 4.64. The zero-order valence-electron chi connectivity index (χ0n) is 11.1. The molecule has 0 saturated heterocycles. The average Bonchev–Trinajstić information content (AvgIpc) is 2.43. The van der Waals surface area contributed by atoms with E-state index in [-0.39, 0.29) is 11.5 Å². The Morgan fingerprint density at radius 2 is 2.30 bits per heavy atom. The number of fused-ring (bicyclic) bond motifs is 1. The molecule has 0 aliphatic heterocycles. The number of amides is 1. The molecule has 1 amide bonds. The number of nitrogens with one attached hydrogen (secondary N) is 2. The predicted molar refractivity (Wildman–Crippen MR) is 81.6 cm³/mol. The van der Waals surface area contributed by atoms with Gasteiger partial charge in [-0.1, -0.05) is 6.08 Å². The number of aromatic nitrogens is 2. The van der Waals surface area contributed by atoms with Crippen LogP contribution in [0.2, 0.25) is 0 Å². The highest BCUT2D eigenvalue weighted by Crippen LogP contribution is 2.10. The first kappa shape index (κ1) is 14.2. The number of aromatic amines is 1. The zero-order valence-corrected chi connectivity index (χ0v) is 11.9. The van der Waals surface area contributed by atoms with Gasteiger partial charge in [0.05, 0.1) is 10.9 Å². The smallest absolute Gasteiger partial charge is 0.262 e. The maximum Gasteiger partial charge on any atom is 0.262 e. The molecule has 0 radical (unpaired) electrons. The van der Waals surface area contributed by atoms with E-state index in [9.17, 15) is 9.59 Å². The van der Waals surface area contributed by atoms with Gasteiger partial charge in [-0.05, 0) is 37.3 Å². The molecular weight excluding hydrogens is 274 g/mol. The highest BCUT2D eigenvalue weighted by atomic mass is 32.1. The molecule has 20 heavy (non-hydrogen) atoms. The Bertz CT molecular complexity index is 789. The first-order valence-electron chi connectivity index (χ1n) is 6.24. The van der Waals surface area contributed by atoms with Gasteiger partial charge in [-0.3, -0.25) is 14.2 Å². The first-order valence-corrected chi connectivity index (χ1v) is 6.65. The van der Waals surface area contributed by atoms with Crippen LogP contribution in [0.15, 0.2) is 35.6 Å². The van der Waals surface area contributed by atoms with E-state index in [4.69, 9.17) is 12.2 Å². The van der Waals surface area contributed by atoms with Gasteiger partial charge >= 0.3 is 0 Å². The molecule has 104 valence electrons. The number of nitrogens with zero attached hydrogens (tertiary/aromatic N) is 1. The molecule has 0 spiro atoms. The Morgan fingerprint density at radius 1 is 1.55 bits per heavy atom. The second-order valence-electron chi connectivity index (χ2n) is 4.25. The predicted octanol–water partition coefficient (Wildman–Crippen LogP) is 1.99. The second kappa shape index (κ2) is 5.83. The summed E-state index contributed by atoms with van der Waals surface area (Å²) >= 11 is 5.15. The van der Waals surface area contributed by atoms with Crippen LogP contribution < -0.4 is 10.9 Å². The molecule has 0 aliphatic rings. The fourth-order valence-corrected chi connectivity index (χ4v) is 2.22. The summed E-state index contributed by atoms with van der Waals surface area (Å²) in [5.41, 5.74) is 0.862. The van der Waals surface area contributed by atoms with Gasteiger partial charge in [0.1, 0.15) is 0 Å². The fourth-order valence-electron chi connectivity index (χ4n) is 1.95. The SMILES string of the molecule is C=CCn1c(=S)[nH]c2cc(C(=O)NCC)ccc2c1=O. The van der Waals surface area contributed by atoms with Gasteiger partial charge < -0.3 is 10.3 Å². The Labute approximate surface area is 120 Å². The summed E-state index contributed by atoms with van der Waals surface area (Å²) in [6.45, 7) is 6.35. The van der Waals surface area contributed by atoms with Crippen molar-refractivity contribution in [1.29, 1.82) is 0 Å². The minimum atomic E-state index is -0.189. The Hall–Kier alpha value is -2.21. The van der Waals surface area contributed by atoms with Crippen molar-refractivity contribution in [3.63, 3.8) is 0 Å². The van der Waals surface area contributed by atoms with Gasteiger partial charge in [-0.25, -0.2) is 0 Å². The lowest BCUT2D eigenvalue weighted by Crippen LogP contribution is -2.24. The van der Waals surface area contributed by atoms with Crippen LogP contribution in [0.3, 0.4) is 0 Å². The van der Waals surface area contributed by atoms with Crippen molar-refractivity contribution in [2.24, 2.45) is 0 Å². The molecule has 1 aromatic heterocycles. The molecule has 0 atom stereocenters. The van der Waals surface area contributed by atoms with Crippen LogP contribution in [0.25, 0.3) is 10.9 Å². The topological polar surface area (TPSA) is 66.9 Å². The van der Waals surface area contributed by atoms with E-state index in [0.717, 1.165) is 0 Å². The van der Waals surface area contributed by atoms with Gasteiger partial charge in [-0.2, -0.15) is 0 Å². The van der Waals surface area contributed by atoms with Crippen LogP contribution in [0.5, 0.6) is 0 Å². The van der Waals surface area contributed by atoms with E-state index in [1.54, 1.807) is 24.3 Å². The molecule has 2 rings (SSSR count). The van der Waals surface area contributed by atoms with Crippen molar-refractivity contribution in [3.05, 3.63) is 51.5 Å². The Morgan fingerprint density at radius 3 is 2.95 bits per heavy atom. The summed E-state index contributed by atoms with van der Waals surface area (Å²) < 4.78 is 1.74. The Kier molecular flexibility index (Phi) is 4.14.